The predicted molar refractivity (Wildman–Crippen MR) is 63.4 cm³/mol. The molecule has 2 rings (SSSR count). The lowest BCUT2D eigenvalue weighted by atomic mass is 10.0. The van der Waals surface area contributed by atoms with Crippen molar-refractivity contribution in [3.05, 3.63) is 10.6 Å². The van der Waals surface area contributed by atoms with Gasteiger partial charge >= 0.3 is 0 Å². The highest BCUT2D eigenvalue weighted by Crippen LogP contribution is 2.36. The molecule has 1 fully saturated rings. The van der Waals surface area contributed by atoms with Gasteiger partial charge in [-0.1, -0.05) is 11.3 Å². The number of hydrogen-bond donors (Lipinski definition) is 1. The van der Waals surface area contributed by atoms with E-state index in [1.54, 1.807) is 11.3 Å². The van der Waals surface area contributed by atoms with Crippen LogP contribution in [0.2, 0.25) is 0 Å². The van der Waals surface area contributed by atoms with Crippen molar-refractivity contribution in [1.82, 2.24) is 4.98 Å². The third-order valence-corrected chi connectivity index (χ3v) is 4.32. The molecule has 4 heteroatoms. The summed E-state index contributed by atoms with van der Waals surface area (Å²) in [5.41, 5.74) is 1.19. The fourth-order valence-corrected chi connectivity index (χ4v) is 3.25. The summed E-state index contributed by atoms with van der Waals surface area (Å²) in [5.74, 6) is 0. The van der Waals surface area contributed by atoms with Gasteiger partial charge in [0.25, 0.3) is 0 Å². The number of anilines is 1. The third kappa shape index (κ3) is 1.88. The zero-order valence-electron chi connectivity index (χ0n) is 9.58. The van der Waals surface area contributed by atoms with Gasteiger partial charge in [-0.2, -0.15) is 0 Å². The van der Waals surface area contributed by atoms with E-state index in [2.05, 4.69) is 23.7 Å². The molecule has 0 atom stereocenters. The smallest absolute Gasteiger partial charge is 0.186 e. The van der Waals surface area contributed by atoms with Crippen LogP contribution in [-0.2, 0) is 6.61 Å². The Hall–Kier alpha value is -0.610. The standard InChI is InChI=1S/C11H18N2OS/c1-8-9(7-14)15-10(12-8)13-6-4-5-11(13,2)3/h14H,4-7H2,1-3H3. The molecule has 0 bridgehead atoms. The molecule has 84 valence electrons. The Balaban J connectivity index is 2.29. The van der Waals surface area contributed by atoms with Gasteiger partial charge in [-0.25, -0.2) is 4.98 Å². The molecule has 0 aliphatic carbocycles. The second-order valence-corrected chi connectivity index (χ2v) is 5.79. The highest BCUT2D eigenvalue weighted by Gasteiger charge is 2.33. The Morgan fingerprint density at radius 3 is 2.73 bits per heavy atom. The predicted octanol–water partition coefficient (Wildman–Crippen LogP) is 2.32. The van der Waals surface area contributed by atoms with Crippen LogP contribution in [0, 0.1) is 6.92 Å². The van der Waals surface area contributed by atoms with Crippen molar-refractivity contribution in [3.63, 3.8) is 0 Å². The van der Waals surface area contributed by atoms with E-state index >= 15 is 0 Å². The molecule has 0 radical (unpaired) electrons. The molecule has 0 spiro atoms. The number of aryl methyl sites for hydroxylation is 1. The molecule has 1 N–H and O–H groups in total. The summed E-state index contributed by atoms with van der Waals surface area (Å²) >= 11 is 1.62. The van der Waals surface area contributed by atoms with Crippen LogP contribution >= 0.6 is 11.3 Å². The van der Waals surface area contributed by atoms with E-state index < -0.39 is 0 Å². The molecule has 1 aromatic rings. The van der Waals surface area contributed by atoms with E-state index in [4.69, 9.17) is 5.11 Å². The molecule has 1 aromatic heterocycles. The lowest BCUT2D eigenvalue weighted by Gasteiger charge is -2.31. The van der Waals surface area contributed by atoms with E-state index in [-0.39, 0.29) is 12.1 Å². The van der Waals surface area contributed by atoms with Crippen molar-refractivity contribution in [2.24, 2.45) is 0 Å². The number of nitrogens with zero attached hydrogens (tertiary/aromatic N) is 2. The van der Waals surface area contributed by atoms with Gasteiger partial charge in [0.05, 0.1) is 17.2 Å². The van der Waals surface area contributed by atoms with Crippen molar-refractivity contribution < 1.29 is 5.11 Å². The summed E-state index contributed by atoms with van der Waals surface area (Å²) in [6.07, 6.45) is 2.46. The largest absolute Gasteiger partial charge is 0.391 e. The van der Waals surface area contributed by atoms with Crippen molar-refractivity contribution in [2.45, 2.75) is 45.8 Å². The van der Waals surface area contributed by atoms with Crippen LogP contribution in [0.25, 0.3) is 0 Å². The maximum atomic E-state index is 9.16. The van der Waals surface area contributed by atoms with Gasteiger partial charge < -0.3 is 10.0 Å². The van der Waals surface area contributed by atoms with E-state index in [0.717, 1.165) is 22.2 Å². The fourth-order valence-electron chi connectivity index (χ4n) is 2.14. The molecular formula is C11H18N2OS. The van der Waals surface area contributed by atoms with E-state index in [1.165, 1.54) is 12.8 Å². The summed E-state index contributed by atoms with van der Waals surface area (Å²) in [6, 6.07) is 0. The third-order valence-electron chi connectivity index (χ3n) is 3.16. The van der Waals surface area contributed by atoms with Crippen molar-refractivity contribution in [2.75, 3.05) is 11.4 Å². The van der Waals surface area contributed by atoms with Crippen molar-refractivity contribution in [3.8, 4) is 0 Å². The second-order valence-electron chi connectivity index (χ2n) is 4.73. The van der Waals surface area contributed by atoms with Gasteiger partial charge in [0.15, 0.2) is 5.13 Å². The Morgan fingerprint density at radius 2 is 2.27 bits per heavy atom. The van der Waals surface area contributed by atoms with Gasteiger partial charge in [-0.05, 0) is 33.6 Å². The van der Waals surface area contributed by atoms with E-state index in [0.29, 0.717) is 0 Å². The summed E-state index contributed by atoms with van der Waals surface area (Å²) in [5, 5.41) is 10.2. The first kappa shape index (κ1) is 10.9. The van der Waals surface area contributed by atoms with Gasteiger partial charge in [-0.3, -0.25) is 0 Å². The van der Waals surface area contributed by atoms with Gasteiger partial charge in [0.1, 0.15) is 0 Å². The molecule has 0 aromatic carbocycles. The monoisotopic (exact) mass is 226 g/mol. The minimum absolute atomic E-state index is 0.109. The second kappa shape index (κ2) is 3.76. The molecule has 0 unspecified atom stereocenters. The van der Waals surface area contributed by atoms with Crippen molar-refractivity contribution in [1.29, 1.82) is 0 Å². The Bertz CT molecular complexity index is 359. The summed E-state index contributed by atoms with van der Waals surface area (Å²) in [4.78, 5) is 7.90. The first-order chi connectivity index (χ1) is 7.04. The number of aliphatic hydroxyl groups excluding tert-OH is 1. The number of aliphatic hydroxyl groups is 1. The highest BCUT2D eigenvalue weighted by atomic mass is 32.1. The minimum atomic E-state index is 0.109. The Labute approximate surface area is 94.8 Å². The normalized spacial score (nSPS) is 19.9. The molecular weight excluding hydrogens is 208 g/mol. The highest BCUT2D eigenvalue weighted by molar-refractivity contribution is 7.15. The van der Waals surface area contributed by atoms with Crippen LogP contribution in [-0.4, -0.2) is 22.2 Å². The average Bonchev–Trinajstić information content (AvgIpc) is 2.68. The average molecular weight is 226 g/mol. The maximum absolute atomic E-state index is 9.16. The number of aromatic nitrogens is 1. The fraction of sp³-hybridized carbons (Fsp3) is 0.727. The zero-order valence-corrected chi connectivity index (χ0v) is 10.4. The first-order valence-corrected chi connectivity index (χ1v) is 6.21. The maximum Gasteiger partial charge on any atom is 0.186 e. The van der Waals surface area contributed by atoms with Gasteiger partial charge in [0, 0.05) is 12.1 Å². The van der Waals surface area contributed by atoms with Crippen LogP contribution in [0.1, 0.15) is 37.3 Å². The minimum Gasteiger partial charge on any atom is -0.391 e. The van der Waals surface area contributed by atoms with Crippen LogP contribution < -0.4 is 4.90 Å². The Morgan fingerprint density at radius 1 is 1.53 bits per heavy atom. The van der Waals surface area contributed by atoms with Crippen LogP contribution in [0.5, 0.6) is 0 Å². The SMILES string of the molecule is Cc1nc(N2CCCC2(C)C)sc1CO. The summed E-state index contributed by atoms with van der Waals surface area (Å²) < 4.78 is 0. The van der Waals surface area contributed by atoms with Gasteiger partial charge in [-0.15, -0.1) is 0 Å². The molecule has 0 amide bonds. The van der Waals surface area contributed by atoms with Crippen LogP contribution in [0.15, 0.2) is 0 Å². The first-order valence-electron chi connectivity index (χ1n) is 5.39. The Kier molecular flexibility index (Phi) is 2.73. The van der Waals surface area contributed by atoms with Crippen LogP contribution in [0.4, 0.5) is 5.13 Å². The van der Waals surface area contributed by atoms with E-state index in [9.17, 15) is 0 Å². The molecule has 3 nitrogen and oxygen atoms in total. The van der Waals surface area contributed by atoms with Gasteiger partial charge in [0.2, 0.25) is 0 Å². The topological polar surface area (TPSA) is 36.4 Å². The molecule has 2 heterocycles. The molecule has 1 aliphatic heterocycles. The van der Waals surface area contributed by atoms with Crippen molar-refractivity contribution >= 4 is 16.5 Å². The number of hydrogen-bond acceptors (Lipinski definition) is 4. The molecule has 1 aliphatic rings. The molecule has 15 heavy (non-hydrogen) atoms. The summed E-state index contributed by atoms with van der Waals surface area (Å²) in [7, 11) is 0. The lowest BCUT2D eigenvalue weighted by Crippen LogP contribution is -2.38. The van der Waals surface area contributed by atoms with Crippen LogP contribution in [0.3, 0.4) is 0 Å². The number of thiazole rings is 1. The van der Waals surface area contributed by atoms with E-state index in [1.807, 2.05) is 6.92 Å². The summed E-state index contributed by atoms with van der Waals surface area (Å²) in [6.45, 7) is 7.68. The molecule has 0 saturated carbocycles. The molecule has 1 saturated heterocycles. The number of rotatable bonds is 2. The zero-order chi connectivity index (χ0) is 11.1. The lowest BCUT2D eigenvalue weighted by molar-refractivity contribution is 0.284. The quantitative estimate of drug-likeness (QED) is 0.840.